The van der Waals surface area contributed by atoms with Gasteiger partial charge in [-0.15, -0.1) is 11.7 Å². The third kappa shape index (κ3) is 5.33. The number of aromatic nitrogens is 4. The zero-order chi connectivity index (χ0) is 20.9. The molecule has 0 fully saturated rings. The number of rotatable bonds is 8. The Labute approximate surface area is 168 Å². The summed E-state index contributed by atoms with van der Waals surface area (Å²) in [6.07, 6.45) is 2.96. The SMILES string of the molecule is C=CCNS(=O)(=O)Cc1ccc(NC(=O)c2ccc(-n3cnnn3)c(C)c2)cc1. The molecule has 0 bridgehead atoms. The topological polar surface area (TPSA) is 119 Å². The van der Waals surface area contributed by atoms with Crippen molar-refractivity contribution in [3.05, 3.63) is 78.1 Å². The summed E-state index contributed by atoms with van der Waals surface area (Å²) < 4.78 is 27.8. The van der Waals surface area contributed by atoms with Crippen molar-refractivity contribution in [1.29, 1.82) is 0 Å². The Morgan fingerprint density at radius 2 is 1.97 bits per heavy atom. The van der Waals surface area contributed by atoms with E-state index >= 15 is 0 Å². The van der Waals surface area contributed by atoms with E-state index in [1.807, 2.05) is 6.92 Å². The van der Waals surface area contributed by atoms with Gasteiger partial charge in [0, 0.05) is 17.8 Å². The number of nitrogens with zero attached hydrogens (tertiary/aromatic N) is 4. The lowest BCUT2D eigenvalue weighted by molar-refractivity contribution is 0.102. The van der Waals surface area contributed by atoms with Crippen LogP contribution in [-0.2, 0) is 15.8 Å². The van der Waals surface area contributed by atoms with E-state index in [1.165, 1.54) is 17.1 Å². The Morgan fingerprint density at radius 3 is 2.59 bits per heavy atom. The van der Waals surface area contributed by atoms with Crippen molar-refractivity contribution >= 4 is 21.6 Å². The van der Waals surface area contributed by atoms with Crippen molar-refractivity contribution in [3.8, 4) is 5.69 Å². The largest absolute Gasteiger partial charge is 0.322 e. The van der Waals surface area contributed by atoms with Crippen molar-refractivity contribution in [2.75, 3.05) is 11.9 Å². The molecule has 29 heavy (non-hydrogen) atoms. The van der Waals surface area contributed by atoms with Gasteiger partial charge in [-0.2, -0.15) is 0 Å². The number of carbonyl (C=O) groups is 1. The quantitative estimate of drug-likeness (QED) is 0.545. The van der Waals surface area contributed by atoms with Gasteiger partial charge in [-0.3, -0.25) is 4.79 Å². The lowest BCUT2D eigenvalue weighted by Crippen LogP contribution is -2.25. The highest BCUT2D eigenvalue weighted by atomic mass is 32.2. The predicted molar refractivity (Wildman–Crippen MR) is 109 cm³/mol. The molecule has 0 radical (unpaired) electrons. The molecular formula is C19H20N6O3S. The van der Waals surface area contributed by atoms with Gasteiger partial charge in [0.1, 0.15) is 6.33 Å². The van der Waals surface area contributed by atoms with Gasteiger partial charge in [-0.25, -0.2) is 17.8 Å². The average Bonchev–Trinajstić information content (AvgIpc) is 3.22. The molecule has 3 aromatic rings. The molecule has 150 valence electrons. The van der Waals surface area contributed by atoms with Crippen LogP contribution in [0.25, 0.3) is 5.69 Å². The summed E-state index contributed by atoms with van der Waals surface area (Å²) in [5.74, 6) is -0.420. The van der Waals surface area contributed by atoms with Gasteiger partial charge in [0.15, 0.2) is 0 Å². The van der Waals surface area contributed by atoms with Crippen molar-refractivity contribution in [2.24, 2.45) is 0 Å². The van der Waals surface area contributed by atoms with Gasteiger partial charge in [0.2, 0.25) is 10.0 Å². The van der Waals surface area contributed by atoms with E-state index in [0.717, 1.165) is 11.3 Å². The lowest BCUT2D eigenvalue weighted by atomic mass is 10.1. The van der Waals surface area contributed by atoms with Gasteiger partial charge in [0.25, 0.3) is 5.91 Å². The zero-order valence-electron chi connectivity index (χ0n) is 15.7. The number of anilines is 1. The van der Waals surface area contributed by atoms with Gasteiger partial charge in [-0.1, -0.05) is 18.2 Å². The van der Waals surface area contributed by atoms with Crippen LogP contribution in [0.3, 0.4) is 0 Å². The molecule has 9 nitrogen and oxygen atoms in total. The first-order chi connectivity index (χ1) is 13.9. The minimum atomic E-state index is -3.43. The Morgan fingerprint density at radius 1 is 1.21 bits per heavy atom. The second-order valence-electron chi connectivity index (χ2n) is 6.30. The van der Waals surface area contributed by atoms with E-state index in [-0.39, 0.29) is 18.2 Å². The van der Waals surface area contributed by atoms with Crippen molar-refractivity contribution in [2.45, 2.75) is 12.7 Å². The fourth-order valence-electron chi connectivity index (χ4n) is 2.67. The van der Waals surface area contributed by atoms with Crippen LogP contribution in [0.4, 0.5) is 5.69 Å². The molecule has 2 N–H and O–H groups in total. The molecule has 1 aromatic heterocycles. The van der Waals surface area contributed by atoms with E-state index < -0.39 is 10.0 Å². The standard InChI is InChI=1S/C19H20N6O3S/c1-3-10-21-29(27,28)12-15-4-7-17(8-5-15)22-19(26)16-6-9-18(14(2)11-16)25-13-20-23-24-25/h3-9,11,13,21H,1,10,12H2,2H3,(H,22,26). The monoisotopic (exact) mass is 412 g/mol. The summed E-state index contributed by atoms with van der Waals surface area (Å²) in [6, 6.07) is 11.9. The van der Waals surface area contributed by atoms with Crippen molar-refractivity contribution < 1.29 is 13.2 Å². The van der Waals surface area contributed by atoms with Crippen LogP contribution in [0.1, 0.15) is 21.5 Å². The first-order valence-corrected chi connectivity index (χ1v) is 10.4. The fraction of sp³-hybridized carbons (Fsp3) is 0.158. The van der Waals surface area contributed by atoms with E-state index in [4.69, 9.17) is 0 Å². The van der Waals surface area contributed by atoms with E-state index in [0.29, 0.717) is 16.8 Å². The van der Waals surface area contributed by atoms with Crippen LogP contribution in [0, 0.1) is 6.92 Å². The van der Waals surface area contributed by atoms with Crippen molar-refractivity contribution in [3.63, 3.8) is 0 Å². The molecule has 0 saturated heterocycles. The molecule has 2 aromatic carbocycles. The maximum absolute atomic E-state index is 12.5. The van der Waals surface area contributed by atoms with E-state index in [1.54, 1.807) is 42.5 Å². The summed E-state index contributed by atoms with van der Waals surface area (Å²) in [4.78, 5) is 12.5. The zero-order valence-corrected chi connectivity index (χ0v) is 16.6. The number of carbonyl (C=O) groups excluding carboxylic acids is 1. The Hall–Kier alpha value is -3.37. The highest BCUT2D eigenvalue weighted by Crippen LogP contribution is 2.17. The second-order valence-corrected chi connectivity index (χ2v) is 8.11. The minimum Gasteiger partial charge on any atom is -0.322 e. The molecule has 0 aliphatic heterocycles. The first kappa shape index (κ1) is 20.4. The predicted octanol–water partition coefficient (Wildman–Crippen LogP) is 1.83. The molecule has 0 spiro atoms. The number of tetrazole rings is 1. The molecule has 0 aliphatic rings. The summed E-state index contributed by atoms with van der Waals surface area (Å²) in [6.45, 7) is 5.53. The normalized spacial score (nSPS) is 11.2. The molecule has 3 rings (SSSR count). The third-order valence-corrected chi connectivity index (χ3v) is 5.39. The number of benzene rings is 2. The fourth-order valence-corrected chi connectivity index (χ4v) is 3.77. The molecule has 1 heterocycles. The number of amides is 1. The van der Waals surface area contributed by atoms with Crippen LogP contribution in [0.2, 0.25) is 0 Å². The molecule has 10 heteroatoms. The molecule has 0 saturated carbocycles. The Bertz CT molecular complexity index is 1110. The smallest absolute Gasteiger partial charge is 0.255 e. The van der Waals surface area contributed by atoms with Gasteiger partial charge in [0.05, 0.1) is 11.4 Å². The number of sulfonamides is 1. The third-order valence-electron chi connectivity index (χ3n) is 4.07. The van der Waals surface area contributed by atoms with Gasteiger partial charge < -0.3 is 5.32 Å². The summed E-state index contributed by atoms with van der Waals surface area (Å²) >= 11 is 0. The number of hydrogen-bond acceptors (Lipinski definition) is 6. The van der Waals surface area contributed by atoms with Crippen LogP contribution in [0.5, 0.6) is 0 Å². The maximum atomic E-state index is 12.5. The van der Waals surface area contributed by atoms with E-state index in [9.17, 15) is 13.2 Å². The number of nitrogens with one attached hydrogen (secondary N) is 2. The highest BCUT2D eigenvalue weighted by molar-refractivity contribution is 7.88. The number of aryl methyl sites for hydroxylation is 1. The first-order valence-electron chi connectivity index (χ1n) is 8.70. The van der Waals surface area contributed by atoms with Crippen LogP contribution in [0.15, 0.2) is 61.4 Å². The molecule has 0 aliphatic carbocycles. The minimum absolute atomic E-state index is 0.146. The van der Waals surface area contributed by atoms with Crippen LogP contribution >= 0.6 is 0 Å². The summed E-state index contributed by atoms with van der Waals surface area (Å²) in [5.41, 5.74) is 3.29. The summed E-state index contributed by atoms with van der Waals surface area (Å²) in [7, 11) is -3.43. The van der Waals surface area contributed by atoms with Gasteiger partial charge in [-0.05, 0) is 58.8 Å². The van der Waals surface area contributed by atoms with Gasteiger partial charge >= 0.3 is 0 Å². The Kier molecular flexibility index (Phi) is 6.15. The maximum Gasteiger partial charge on any atom is 0.255 e. The second kappa shape index (κ2) is 8.76. The molecule has 0 unspecified atom stereocenters. The highest BCUT2D eigenvalue weighted by Gasteiger charge is 2.12. The Balaban J connectivity index is 1.66. The van der Waals surface area contributed by atoms with Crippen molar-refractivity contribution in [1.82, 2.24) is 24.9 Å². The molecular weight excluding hydrogens is 392 g/mol. The van der Waals surface area contributed by atoms with Crippen LogP contribution < -0.4 is 10.0 Å². The average molecular weight is 412 g/mol. The molecule has 0 atom stereocenters. The number of hydrogen-bond donors (Lipinski definition) is 2. The summed E-state index contributed by atoms with van der Waals surface area (Å²) in [5, 5.41) is 13.9. The lowest BCUT2D eigenvalue weighted by Gasteiger charge is -2.10. The van der Waals surface area contributed by atoms with E-state index in [2.05, 4.69) is 32.1 Å². The molecule has 1 amide bonds. The van der Waals surface area contributed by atoms with Crippen LogP contribution in [-0.4, -0.2) is 41.1 Å².